The zero-order valence-corrected chi connectivity index (χ0v) is 11.2. The van der Waals surface area contributed by atoms with Gasteiger partial charge in [-0.2, -0.15) is 0 Å². The molecule has 0 saturated carbocycles. The van der Waals surface area contributed by atoms with Crippen molar-refractivity contribution in [1.29, 1.82) is 0 Å². The molecule has 2 nitrogen and oxygen atoms in total. The van der Waals surface area contributed by atoms with E-state index >= 15 is 0 Å². The van der Waals surface area contributed by atoms with Gasteiger partial charge in [-0.3, -0.25) is 4.21 Å². The van der Waals surface area contributed by atoms with Gasteiger partial charge in [0, 0.05) is 16.7 Å². The molecule has 0 aromatic heterocycles. The summed E-state index contributed by atoms with van der Waals surface area (Å²) < 4.78 is 24.6. The molecule has 1 aromatic rings. The predicted octanol–water partition coefficient (Wildman–Crippen LogP) is 2.71. The smallest absolute Gasteiger partial charge is 0.123 e. The first-order chi connectivity index (χ1) is 8.17. The fraction of sp³-hybridized carbons (Fsp3) is 0.538. The number of hydrogen-bond donors (Lipinski definition) is 1. The normalized spacial score (nSPS) is 14.5. The molecule has 17 heavy (non-hydrogen) atoms. The lowest BCUT2D eigenvalue weighted by Crippen LogP contribution is -2.24. The third-order valence-electron chi connectivity index (χ3n) is 2.86. The second-order valence-electron chi connectivity index (χ2n) is 4.04. The van der Waals surface area contributed by atoms with E-state index in [1.54, 1.807) is 12.1 Å². The minimum Gasteiger partial charge on any atom is -0.317 e. The van der Waals surface area contributed by atoms with Gasteiger partial charge in [-0.1, -0.05) is 6.92 Å². The van der Waals surface area contributed by atoms with Crippen LogP contribution >= 0.6 is 0 Å². The average molecular weight is 257 g/mol. The van der Waals surface area contributed by atoms with Crippen molar-refractivity contribution in [3.63, 3.8) is 0 Å². The van der Waals surface area contributed by atoms with Crippen LogP contribution < -0.4 is 5.32 Å². The SMILES string of the molecule is CCC(CCCS(=O)c1ccc(F)cc1)NC. The van der Waals surface area contributed by atoms with E-state index in [1.807, 2.05) is 7.05 Å². The minimum atomic E-state index is -1.01. The molecule has 0 heterocycles. The number of benzene rings is 1. The molecule has 2 atom stereocenters. The summed E-state index contributed by atoms with van der Waals surface area (Å²) >= 11 is 0. The van der Waals surface area contributed by atoms with Crippen molar-refractivity contribution in [2.75, 3.05) is 12.8 Å². The Morgan fingerprint density at radius 2 is 2.00 bits per heavy atom. The van der Waals surface area contributed by atoms with Gasteiger partial charge in [0.2, 0.25) is 0 Å². The van der Waals surface area contributed by atoms with Crippen LogP contribution in [0, 0.1) is 5.82 Å². The number of hydrogen-bond acceptors (Lipinski definition) is 2. The monoisotopic (exact) mass is 257 g/mol. The highest BCUT2D eigenvalue weighted by atomic mass is 32.2. The summed E-state index contributed by atoms with van der Waals surface area (Å²) in [5, 5.41) is 3.22. The maximum atomic E-state index is 12.7. The van der Waals surface area contributed by atoms with Crippen molar-refractivity contribution in [3.05, 3.63) is 30.1 Å². The fourth-order valence-corrected chi connectivity index (χ4v) is 2.82. The lowest BCUT2D eigenvalue weighted by Gasteiger charge is -2.12. The zero-order chi connectivity index (χ0) is 12.7. The highest BCUT2D eigenvalue weighted by molar-refractivity contribution is 7.85. The topological polar surface area (TPSA) is 29.1 Å². The van der Waals surface area contributed by atoms with Gasteiger partial charge in [-0.05, 0) is 50.6 Å². The Bertz CT molecular complexity index is 349. The molecule has 1 rings (SSSR count). The highest BCUT2D eigenvalue weighted by Gasteiger charge is 2.06. The highest BCUT2D eigenvalue weighted by Crippen LogP contribution is 2.10. The zero-order valence-electron chi connectivity index (χ0n) is 10.4. The Morgan fingerprint density at radius 3 is 2.53 bits per heavy atom. The van der Waals surface area contributed by atoms with Crippen molar-refractivity contribution in [2.24, 2.45) is 0 Å². The Morgan fingerprint density at radius 1 is 1.35 bits per heavy atom. The van der Waals surface area contributed by atoms with Crippen LogP contribution in [0.25, 0.3) is 0 Å². The lowest BCUT2D eigenvalue weighted by molar-refractivity contribution is 0.503. The Balaban J connectivity index is 2.37. The molecule has 0 amide bonds. The van der Waals surface area contributed by atoms with E-state index < -0.39 is 10.8 Å². The molecule has 2 unspecified atom stereocenters. The molecular formula is C13H20FNOS. The molecule has 96 valence electrons. The van der Waals surface area contributed by atoms with Gasteiger partial charge in [0.25, 0.3) is 0 Å². The fourth-order valence-electron chi connectivity index (χ4n) is 1.72. The van der Waals surface area contributed by atoms with Crippen molar-refractivity contribution < 1.29 is 8.60 Å². The molecule has 0 aliphatic heterocycles. The quantitative estimate of drug-likeness (QED) is 0.813. The Hall–Kier alpha value is -0.740. The van der Waals surface area contributed by atoms with Gasteiger partial charge in [0.1, 0.15) is 5.82 Å². The molecule has 0 aliphatic carbocycles. The number of nitrogens with one attached hydrogen (secondary N) is 1. The second-order valence-corrected chi connectivity index (χ2v) is 5.61. The number of halogens is 1. The molecule has 1 aromatic carbocycles. The summed E-state index contributed by atoms with van der Waals surface area (Å²) in [6, 6.07) is 6.41. The van der Waals surface area contributed by atoms with E-state index in [4.69, 9.17) is 0 Å². The summed E-state index contributed by atoms with van der Waals surface area (Å²) in [5.74, 6) is 0.357. The van der Waals surface area contributed by atoms with E-state index in [0.717, 1.165) is 19.3 Å². The summed E-state index contributed by atoms with van der Waals surface area (Å²) in [6.45, 7) is 2.14. The van der Waals surface area contributed by atoms with Crippen LogP contribution in [-0.4, -0.2) is 23.1 Å². The van der Waals surface area contributed by atoms with Gasteiger partial charge in [-0.15, -0.1) is 0 Å². The van der Waals surface area contributed by atoms with Crippen LogP contribution in [0.5, 0.6) is 0 Å². The van der Waals surface area contributed by atoms with Crippen LogP contribution in [0.3, 0.4) is 0 Å². The maximum Gasteiger partial charge on any atom is 0.123 e. The predicted molar refractivity (Wildman–Crippen MR) is 70.0 cm³/mol. The Labute approximate surface area is 105 Å². The lowest BCUT2D eigenvalue weighted by atomic mass is 10.1. The second kappa shape index (κ2) is 7.56. The van der Waals surface area contributed by atoms with Gasteiger partial charge < -0.3 is 5.32 Å². The molecular weight excluding hydrogens is 237 g/mol. The molecule has 4 heteroatoms. The van der Waals surface area contributed by atoms with E-state index in [9.17, 15) is 8.60 Å². The standard InChI is InChI=1S/C13H20FNOS/c1-3-12(15-2)5-4-10-17(16)13-8-6-11(14)7-9-13/h6-9,12,15H,3-5,10H2,1-2H3. The average Bonchev–Trinajstić information content (AvgIpc) is 2.35. The van der Waals surface area contributed by atoms with Crippen LogP contribution in [0.2, 0.25) is 0 Å². The van der Waals surface area contributed by atoms with Crippen molar-refractivity contribution in [2.45, 2.75) is 37.1 Å². The summed E-state index contributed by atoms with van der Waals surface area (Å²) in [4.78, 5) is 0.712. The van der Waals surface area contributed by atoms with Gasteiger partial charge in [0.15, 0.2) is 0 Å². The van der Waals surface area contributed by atoms with Crippen LogP contribution in [-0.2, 0) is 10.8 Å². The van der Waals surface area contributed by atoms with Crippen molar-refractivity contribution in [1.82, 2.24) is 5.32 Å². The Kier molecular flexibility index (Phi) is 6.37. The third-order valence-corrected chi connectivity index (χ3v) is 4.32. The molecule has 0 spiro atoms. The van der Waals surface area contributed by atoms with Crippen LogP contribution in [0.15, 0.2) is 29.2 Å². The molecule has 0 radical (unpaired) electrons. The number of rotatable bonds is 7. The molecule has 0 bridgehead atoms. The minimum absolute atomic E-state index is 0.285. The van der Waals surface area contributed by atoms with E-state index in [1.165, 1.54) is 12.1 Å². The summed E-state index contributed by atoms with van der Waals surface area (Å²) in [5.41, 5.74) is 0. The maximum absolute atomic E-state index is 12.7. The first-order valence-corrected chi connectivity index (χ1v) is 7.30. The molecule has 0 fully saturated rings. The molecule has 1 N–H and O–H groups in total. The van der Waals surface area contributed by atoms with E-state index in [-0.39, 0.29) is 5.82 Å². The largest absolute Gasteiger partial charge is 0.317 e. The van der Waals surface area contributed by atoms with Gasteiger partial charge in [-0.25, -0.2) is 4.39 Å². The van der Waals surface area contributed by atoms with E-state index in [2.05, 4.69) is 12.2 Å². The third kappa shape index (κ3) is 4.96. The van der Waals surface area contributed by atoms with E-state index in [0.29, 0.717) is 16.7 Å². The van der Waals surface area contributed by atoms with Gasteiger partial charge >= 0.3 is 0 Å². The van der Waals surface area contributed by atoms with Gasteiger partial charge in [0.05, 0.1) is 10.8 Å². The summed E-state index contributed by atoms with van der Waals surface area (Å²) in [7, 11) is 0.943. The van der Waals surface area contributed by atoms with Crippen LogP contribution in [0.1, 0.15) is 26.2 Å². The first kappa shape index (κ1) is 14.3. The van der Waals surface area contributed by atoms with Crippen molar-refractivity contribution >= 4 is 10.8 Å². The molecule has 0 saturated heterocycles. The molecule has 0 aliphatic rings. The van der Waals surface area contributed by atoms with Crippen molar-refractivity contribution in [3.8, 4) is 0 Å². The first-order valence-electron chi connectivity index (χ1n) is 5.98. The van der Waals surface area contributed by atoms with Crippen LogP contribution in [0.4, 0.5) is 4.39 Å². The summed E-state index contributed by atoms with van der Waals surface area (Å²) in [6.07, 6.45) is 3.03.